The molecule has 0 aromatic carbocycles. The van der Waals surface area contributed by atoms with Crippen molar-refractivity contribution in [2.24, 2.45) is 0 Å². The molecule has 0 saturated carbocycles. The molecule has 2 N–H and O–H groups in total. The first-order valence-corrected chi connectivity index (χ1v) is 11.2. The third-order valence-electron chi connectivity index (χ3n) is 5.34. The summed E-state index contributed by atoms with van der Waals surface area (Å²) in [6.07, 6.45) is 2.71. The number of aromatic amines is 1. The molecule has 14 heteroatoms. The maximum Gasteiger partial charge on any atom is 0.423 e. The molecule has 0 unspecified atom stereocenters. The van der Waals surface area contributed by atoms with Gasteiger partial charge in [0.05, 0.1) is 29.8 Å². The van der Waals surface area contributed by atoms with Crippen molar-refractivity contribution in [3.8, 4) is 6.07 Å². The average Bonchev–Trinajstić information content (AvgIpc) is 2.86. The molecule has 1 aliphatic rings. The van der Waals surface area contributed by atoms with E-state index in [9.17, 15) is 22.8 Å². The van der Waals surface area contributed by atoms with Crippen molar-refractivity contribution in [1.82, 2.24) is 25.1 Å². The van der Waals surface area contributed by atoms with Crippen LogP contribution >= 0.6 is 0 Å². The number of aromatic nitrogens is 4. The van der Waals surface area contributed by atoms with Gasteiger partial charge in [-0.25, -0.2) is 19.9 Å². The number of ether oxygens (including phenoxy) is 1. The Hall–Kier alpha value is -4.15. The van der Waals surface area contributed by atoms with Gasteiger partial charge in [0.2, 0.25) is 5.95 Å². The second kappa shape index (κ2) is 12.0. The predicted molar refractivity (Wildman–Crippen MR) is 123 cm³/mol. The van der Waals surface area contributed by atoms with E-state index in [2.05, 4.69) is 20.4 Å². The summed E-state index contributed by atoms with van der Waals surface area (Å²) in [7, 11) is 0. The van der Waals surface area contributed by atoms with Crippen LogP contribution in [0.1, 0.15) is 30.9 Å². The van der Waals surface area contributed by atoms with E-state index in [4.69, 9.17) is 10.00 Å². The number of nitrogens with zero attached hydrogens (tertiary/aromatic N) is 6. The number of amides is 1. The molecule has 0 spiro atoms. The van der Waals surface area contributed by atoms with E-state index >= 15 is 0 Å². The molecule has 36 heavy (non-hydrogen) atoms. The molecular weight excluding hydrogens is 481 g/mol. The number of rotatable bonds is 8. The number of carbonyl (C=O) groups excluding carboxylic acids is 1. The van der Waals surface area contributed by atoms with Crippen LogP contribution in [0.4, 0.5) is 29.6 Å². The van der Waals surface area contributed by atoms with Crippen LogP contribution in [0, 0.1) is 11.3 Å². The second-order valence-corrected chi connectivity index (χ2v) is 7.89. The summed E-state index contributed by atoms with van der Waals surface area (Å²) in [5.74, 6) is 0.476. The van der Waals surface area contributed by atoms with Crippen LogP contribution in [0.5, 0.6) is 0 Å². The Morgan fingerprint density at radius 1 is 1.28 bits per heavy atom. The lowest BCUT2D eigenvalue weighted by Gasteiger charge is -2.33. The van der Waals surface area contributed by atoms with Crippen molar-refractivity contribution in [3.63, 3.8) is 0 Å². The number of carbonyl (C=O) groups is 1. The Balaban J connectivity index is 1.50. The van der Waals surface area contributed by atoms with Crippen molar-refractivity contribution in [2.45, 2.75) is 32.0 Å². The van der Waals surface area contributed by atoms with Crippen molar-refractivity contribution >= 4 is 17.7 Å². The molecule has 2 aromatic heterocycles. The summed E-state index contributed by atoms with van der Waals surface area (Å²) in [6.45, 7) is 3.56. The van der Waals surface area contributed by atoms with Crippen LogP contribution in [-0.4, -0.2) is 70.0 Å². The van der Waals surface area contributed by atoms with Crippen molar-refractivity contribution in [2.75, 3.05) is 43.0 Å². The van der Waals surface area contributed by atoms with Crippen molar-refractivity contribution in [3.05, 3.63) is 52.2 Å². The minimum Gasteiger partial charge on any atom is -0.445 e. The van der Waals surface area contributed by atoms with E-state index in [1.165, 1.54) is 17.3 Å². The van der Waals surface area contributed by atoms with Crippen LogP contribution in [0.2, 0.25) is 0 Å². The van der Waals surface area contributed by atoms with Gasteiger partial charge in [-0.3, -0.25) is 4.79 Å². The lowest BCUT2D eigenvalue weighted by atomic mass is 10.1. The van der Waals surface area contributed by atoms with Gasteiger partial charge in [0, 0.05) is 32.2 Å². The van der Waals surface area contributed by atoms with Gasteiger partial charge in [-0.1, -0.05) is 19.4 Å². The fourth-order valence-electron chi connectivity index (χ4n) is 3.58. The average molecular weight is 506 g/mol. The van der Waals surface area contributed by atoms with Gasteiger partial charge >= 0.3 is 12.3 Å². The first-order valence-electron chi connectivity index (χ1n) is 11.2. The molecule has 1 amide bonds. The van der Waals surface area contributed by atoms with Crippen molar-refractivity contribution in [1.29, 1.82) is 5.26 Å². The standard InChI is InChI=1S/C22H25F3N8O3/c1-2-4-16(30-17-14-29-31-19(34)18(17)22(23,24)25)5-3-10-36-21(35)33-8-6-32(7-9-33)20-27-12-15(11-26)13-28-20/h3,5,12-14,16H,2,4,6-10H2,1H3,(H2,30,31,34)/b5-3+/t16-/m0/s1. The number of nitriles is 1. The topological polar surface area (TPSA) is 140 Å². The summed E-state index contributed by atoms with van der Waals surface area (Å²) in [5, 5.41) is 16.8. The third kappa shape index (κ3) is 6.94. The van der Waals surface area contributed by atoms with Crippen LogP contribution in [-0.2, 0) is 10.9 Å². The number of hydrogen-bond donors (Lipinski definition) is 2. The van der Waals surface area contributed by atoms with E-state index < -0.39 is 35.1 Å². The van der Waals surface area contributed by atoms with Gasteiger partial charge in [-0.2, -0.15) is 23.5 Å². The quantitative estimate of drug-likeness (QED) is 0.517. The molecule has 1 saturated heterocycles. The zero-order valence-electron chi connectivity index (χ0n) is 19.5. The van der Waals surface area contributed by atoms with Gasteiger partial charge in [-0.05, 0) is 12.5 Å². The molecule has 3 rings (SSSR count). The number of H-pyrrole nitrogens is 1. The lowest BCUT2D eigenvalue weighted by Crippen LogP contribution is -2.49. The second-order valence-electron chi connectivity index (χ2n) is 7.89. The number of alkyl halides is 3. The molecule has 0 radical (unpaired) electrons. The molecule has 11 nitrogen and oxygen atoms in total. The number of anilines is 2. The summed E-state index contributed by atoms with van der Waals surface area (Å²) in [5.41, 5.74) is -2.73. The highest BCUT2D eigenvalue weighted by molar-refractivity contribution is 5.68. The highest BCUT2D eigenvalue weighted by atomic mass is 19.4. The molecule has 1 aliphatic heterocycles. The van der Waals surface area contributed by atoms with Crippen LogP contribution < -0.4 is 15.8 Å². The summed E-state index contributed by atoms with van der Waals surface area (Å²) < 4.78 is 45.1. The molecule has 3 heterocycles. The van der Waals surface area contributed by atoms with E-state index in [0.29, 0.717) is 50.5 Å². The number of halogens is 3. The van der Waals surface area contributed by atoms with Crippen LogP contribution in [0.3, 0.4) is 0 Å². The van der Waals surface area contributed by atoms with Gasteiger partial charge in [-0.15, -0.1) is 0 Å². The van der Waals surface area contributed by atoms with Gasteiger partial charge in [0.25, 0.3) is 5.56 Å². The van der Waals surface area contributed by atoms with Gasteiger partial charge in [0.15, 0.2) is 0 Å². The molecule has 2 aromatic rings. The highest BCUT2D eigenvalue weighted by Crippen LogP contribution is 2.31. The zero-order valence-corrected chi connectivity index (χ0v) is 19.5. The van der Waals surface area contributed by atoms with Gasteiger partial charge < -0.3 is 19.9 Å². The SMILES string of the molecule is CCC[C@@H](/C=C/COC(=O)N1CCN(c2ncc(C#N)cn2)CC1)Nc1cn[nH]c(=O)c1C(F)(F)F. The van der Waals surface area contributed by atoms with Crippen LogP contribution in [0.15, 0.2) is 35.5 Å². The first kappa shape index (κ1) is 26.5. The molecule has 0 aliphatic carbocycles. The van der Waals surface area contributed by atoms with Crippen LogP contribution in [0.25, 0.3) is 0 Å². The molecule has 0 bridgehead atoms. The first-order chi connectivity index (χ1) is 17.2. The maximum atomic E-state index is 13.3. The van der Waals surface area contributed by atoms with E-state index in [1.54, 1.807) is 17.3 Å². The lowest BCUT2D eigenvalue weighted by molar-refractivity contribution is -0.138. The third-order valence-corrected chi connectivity index (χ3v) is 5.34. The number of piperazine rings is 1. The Labute approximate surface area is 204 Å². The molecule has 1 fully saturated rings. The summed E-state index contributed by atoms with van der Waals surface area (Å²) in [4.78, 5) is 35.8. The van der Waals surface area contributed by atoms with Crippen molar-refractivity contribution < 1.29 is 22.7 Å². The fraction of sp³-hybridized carbons (Fsp3) is 0.455. The molecular formula is C22H25F3N8O3. The van der Waals surface area contributed by atoms with E-state index in [1.807, 2.05) is 17.9 Å². The zero-order chi connectivity index (χ0) is 26.1. The predicted octanol–water partition coefficient (Wildman–Crippen LogP) is 2.55. The minimum atomic E-state index is -4.84. The maximum absolute atomic E-state index is 13.3. The molecule has 1 atom stereocenters. The normalized spacial score (nSPS) is 15.0. The summed E-state index contributed by atoms with van der Waals surface area (Å²) in [6, 6.07) is 1.42. The fourth-order valence-corrected chi connectivity index (χ4v) is 3.58. The minimum absolute atomic E-state index is 0.0700. The molecule has 192 valence electrons. The summed E-state index contributed by atoms with van der Waals surface area (Å²) >= 11 is 0. The smallest absolute Gasteiger partial charge is 0.423 e. The Morgan fingerprint density at radius 2 is 1.97 bits per heavy atom. The Kier molecular flexibility index (Phi) is 8.82. The highest BCUT2D eigenvalue weighted by Gasteiger charge is 2.37. The van der Waals surface area contributed by atoms with E-state index in [0.717, 1.165) is 6.20 Å². The number of nitrogens with one attached hydrogen (secondary N) is 2. The van der Waals surface area contributed by atoms with Gasteiger partial charge in [0.1, 0.15) is 18.2 Å². The largest absolute Gasteiger partial charge is 0.445 e. The van der Waals surface area contributed by atoms with E-state index in [-0.39, 0.29) is 6.61 Å². The monoisotopic (exact) mass is 506 g/mol. The Bertz CT molecular complexity index is 1150. The Morgan fingerprint density at radius 3 is 2.58 bits per heavy atom. The number of hydrogen-bond acceptors (Lipinski definition) is 9.